The van der Waals surface area contributed by atoms with Crippen molar-refractivity contribution in [2.45, 2.75) is 38.6 Å². The summed E-state index contributed by atoms with van der Waals surface area (Å²) < 4.78 is 44.3. The molecule has 0 radical (unpaired) electrons. The van der Waals surface area contributed by atoms with Crippen LogP contribution in [0.5, 0.6) is 5.75 Å². The molecule has 8 heteroatoms. The van der Waals surface area contributed by atoms with Crippen LogP contribution in [-0.2, 0) is 15.8 Å². The van der Waals surface area contributed by atoms with Gasteiger partial charge in [-0.15, -0.1) is 0 Å². The Morgan fingerprint density at radius 3 is 2.71 bits per heavy atom. The second kappa shape index (κ2) is 7.11. The molecule has 5 nitrogen and oxygen atoms in total. The van der Waals surface area contributed by atoms with Gasteiger partial charge in [-0.1, -0.05) is 19.1 Å². The van der Waals surface area contributed by atoms with E-state index >= 15 is 0 Å². The van der Waals surface area contributed by atoms with Crippen LogP contribution in [0.3, 0.4) is 0 Å². The maximum absolute atomic E-state index is 13.0. The van der Waals surface area contributed by atoms with Gasteiger partial charge in [-0.05, 0) is 25.5 Å². The first-order valence-corrected chi connectivity index (χ1v) is 7.66. The standard InChI is InChI=1S/C16H19F3N2O3/c1-3-12-14(22)20-8-9-21(12)15(23)10(2)24-13-7-5-4-6-11(13)16(17,18)19/h4-7,10,12H,3,8-9H2,1-2H3,(H,20,22). The average Bonchev–Trinajstić information content (AvgIpc) is 2.53. The van der Waals surface area contributed by atoms with Crippen molar-refractivity contribution in [3.8, 4) is 5.75 Å². The molecule has 2 rings (SSSR count). The lowest BCUT2D eigenvalue weighted by Gasteiger charge is -2.36. The average molecular weight is 344 g/mol. The summed E-state index contributed by atoms with van der Waals surface area (Å²) in [5.41, 5.74) is -0.937. The minimum Gasteiger partial charge on any atom is -0.480 e. The lowest BCUT2D eigenvalue weighted by Crippen LogP contribution is -2.59. The Morgan fingerprint density at radius 1 is 1.42 bits per heavy atom. The number of hydrogen-bond acceptors (Lipinski definition) is 3. The third-order valence-corrected chi connectivity index (χ3v) is 3.84. The SMILES string of the molecule is CCC1C(=O)NCCN1C(=O)C(C)Oc1ccccc1C(F)(F)F. The van der Waals surface area contributed by atoms with Gasteiger partial charge >= 0.3 is 6.18 Å². The number of alkyl halides is 3. The minimum atomic E-state index is -4.57. The number of nitrogens with zero attached hydrogens (tertiary/aromatic N) is 1. The van der Waals surface area contributed by atoms with E-state index in [2.05, 4.69) is 5.32 Å². The Balaban J connectivity index is 2.16. The topological polar surface area (TPSA) is 58.6 Å². The zero-order chi connectivity index (χ0) is 17.9. The van der Waals surface area contributed by atoms with Crippen LogP contribution in [0.15, 0.2) is 24.3 Å². The minimum absolute atomic E-state index is 0.264. The quantitative estimate of drug-likeness (QED) is 0.911. The highest BCUT2D eigenvalue weighted by Crippen LogP contribution is 2.36. The zero-order valence-corrected chi connectivity index (χ0v) is 13.4. The molecule has 1 fully saturated rings. The first kappa shape index (κ1) is 18.1. The van der Waals surface area contributed by atoms with Gasteiger partial charge < -0.3 is 15.0 Å². The van der Waals surface area contributed by atoms with Gasteiger partial charge in [-0.2, -0.15) is 13.2 Å². The Hall–Kier alpha value is -2.25. The Kier molecular flexibility index (Phi) is 5.36. The second-order valence-electron chi connectivity index (χ2n) is 5.50. The van der Waals surface area contributed by atoms with Gasteiger partial charge in [0.2, 0.25) is 5.91 Å². The molecule has 1 aromatic rings. The van der Waals surface area contributed by atoms with E-state index in [4.69, 9.17) is 4.74 Å². The van der Waals surface area contributed by atoms with E-state index in [1.807, 2.05) is 0 Å². The van der Waals surface area contributed by atoms with Crippen LogP contribution in [0.2, 0.25) is 0 Å². The molecule has 132 valence electrons. The van der Waals surface area contributed by atoms with Crippen molar-refractivity contribution in [2.24, 2.45) is 0 Å². The number of ether oxygens (including phenoxy) is 1. The highest BCUT2D eigenvalue weighted by Gasteiger charge is 2.37. The summed E-state index contributed by atoms with van der Waals surface area (Å²) in [4.78, 5) is 25.7. The molecule has 1 aliphatic rings. The maximum Gasteiger partial charge on any atom is 0.419 e. The zero-order valence-electron chi connectivity index (χ0n) is 13.4. The Morgan fingerprint density at radius 2 is 2.08 bits per heavy atom. The van der Waals surface area contributed by atoms with Gasteiger partial charge in [-0.25, -0.2) is 0 Å². The van der Waals surface area contributed by atoms with Gasteiger partial charge in [-0.3, -0.25) is 9.59 Å². The molecular weight excluding hydrogens is 325 g/mol. The molecule has 2 atom stereocenters. The maximum atomic E-state index is 13.0. The van der Waals surface area contributed by atoms with Crippen molar-refractivity contribution in [3.63, 3.8) is 0 Å². The first-order chi connectivity index (χ1) is 11.3. The number of piperazine rings is 1. The molecule has 1 N–H and O–H groups in total. The van der Waals surface area contributed by atoms with E-state index in [0.29, 0.717) is 19.5 Å². The summed E-state index contributed by atoms with van der Waals surface area (Å²) in [6.45, 7) is 3.76. The molecule has 2 unspecified atom stereocenters. The molecular formula is C16H19F3N2O3. The van der Waals surface area contributed by atoms with Crippen LogP contribution in [0, 0.1) is 0 Å². The number of amides is 2. The molecule has 0 saturated carbocycles. The smallest absolute Gasteiger partial charge is 0.419 e. The normalized spacial score (nSPS) is 19.6. The van der Waals surface area contributed by atoms with Crippen LogP contribution >= 0.6 is 0 Å². The molecule has 0 spiro atoms. The predicted molar refractivity (Wildman–Crippen MR) is 80.3 cm³/mol. The molecule has 0 aromatic heterocycles. The molecule has 1 saturated heterocycles. The fourth-order valence-electron chi connectivity index (χ4n) is 2.66. The number of benzene rings is 1. The van der Waals surface area contributed by atoms with E-state index in [9.17, 15) is 22.8 Å². The molecule has 1 heterocycles. The summed E-state index contributed by atoms with van der Waals surface area (Å²) in [5, 5.41) is 2.66. The fourth-order valence-corrected chi connectivity index (χ4v) is 2.66. The molecule has 1 aliphatic heterocycles. The van der Waals surface area contributed by atoms with Crippen LogP contribution in [-0.4, -0.2) is 41.9 Å². The van der Waals surface area contributed by atoms with Gasteiger partial charge in [0.15, 0.2) is 6.10 Å². The highest BCUT2D eigenvalue weighted by atomic mass is 19.4. The Labute approximate surface area is 137 Å². The van der Waals surface area contributed by atoms with Gasteiger partial charge in [0.05, 0.1) is 5.56 Å². The number of para-hydroxylation sites is 1. The van der Waals surface area contributed by atoms with E-state index in [1.54, 1.807) is 6.92 Å². The van der Waals surface area contributed by atoms with Gasteiger partial charge in [0.1, 0.15) is 11.8 Å². The predicted octanol–water partition coefficient (Wildman–Crippen LogP) is 2.21. The van der Waals surface area contributed by atoms with Crippen molar-refractivity contribution in [1.82, 2.24) is 10.2 Å². The number of rotatable bonds is 4. The summed E-state index contributed by atoms with van der Waals surface area (Å²) in [5.74, 6) is -1.17. The molecule has 0 aliphatic carbocycles. The number of halogens is 3. The van der Waals surface area contributed by atoms with Crippen LogP contribution in [0.4, 0.5) is 13.2 Å². The van der Waals surface area contributed by atoms with Crippen molar-refractivity contribution in [2.75, 3.05) is 13.1 Å². The molecule has 24 heavy (non-hydrogen) atoms. The molecule has 2 amide bonds. The van der Waals surface area contributed by atoms with Crippen molar-refractivity contribution in [1.29, 1.82) is 0 Å². The highest BCUT2D eigenvalue weighted by molar-refractivity contribution is 5.90. The summed E-state index contributed by atoms with van der Waals surface area (Å²) >= 11 is 0. The largest absolute Gasteiger partial charge is 0.480 e. The van der Waals surface area contributed by atoms with E-state index in [1.165, 1.54) is 30.0 Å². The van der Waals surface area contributed by atoms with Gasteiger partial charge in [0, 0.05) is 13.1 Å². The number of nitrogens with one attached hydrogen (secondary N) is 1. The molecule has 1 aromatic carbocycles. The van der Waals surface area contributed by atoms with E-state index < -0.39 is 35.5 Å². The third-order valence-electron chi connectivity index (χ3n) is 3.84. The summed E-state index contributed by atoms with van der Waals surface area (Å²) in [6.07, 6.45) is -5.28. The van der Waals surface area contributed by atoms with Crippen LogP contribution < -0.4 is 10.1 Å². The van der Waals surface area contributed by atoms with Crippen molar-refractivity contribution in [3.05, 3.63) is 29.8 Å². The van der Waals surface area contributed by atoms with E-state index in [-0.39, 0.29) is 5.91 Å². The second-order valence-corrected chi connectivity index (χ2v) is 5.50. The van der Waals surface area contributed by atoms with Crippen LogP contribution in [0.25, 0.3) is 0 Å². The fraction of sp³-hybridized carbons (Fsp3) is 0.500. The summed E-state index contributed by atoms with van der Waals surface area (Å²) in [7, 11) is 0. The lowest BCUT2D eigenvalue weighted by atomic mass is 10.1. The number of hydrogen-bond donors (Lipinski definition) is 1. The number of carbonyl (C=O) groups is 2. The van der Waals surface area contributed by atoms with Gasteiger partial charge in [0.25, 0.3) is 5.91 Å². The third kappa shape index (κ3) is 3.80. The number of carbonyl (C=O) groups excluding carboxylic acids is 2. The summed E-state index contributed by atoms with van der Waals surface area (Å²) in [6, 6.07) is 4.10. The first-order valence-electron chi connectivity index (χ1n) is 7.66. The van der Waals surface area contributed by atoms with E-state index in [0.717, 1.165) is 6.07 Å². The molecule has 0 bridgehead atoms. The van der Waals surface area contributed by atoms with Crippen molar-refractivity contribution < 1.29 is 27.5 Å². The lowest BCUT2D eigenvalue weighted by molar-refractivity contribution is -0.149. The Bertz CT molecular complexity index is 619. The van der Waals surface area contributed by atoms with Crippen LogP contribution in [0.1, 0.15) is 25.8 Å². The van der Waals surface area contributed by atoms with Crippen molar-refractivity contribution >= 4 is 11.8 Å². The monoisotopic (exact) mass is 344 g/mol.